The van der Waals surface area contributed by atoms with Gasteiger partial charge in [-0.3, -0.25) is 4.90 Å². The molecule has 1 aliphatic rings. The topological polar surface area (TPSA) is 34.2 Å². The first-order chi connectivity index (χ1) is 10.2. The van der Waals surface area contributed by atoms with Gasteiger partial charge in [0.25, 0.3) is 0 Å². The number of rotatable bonds is 7. The highest BCUT2D eigenvalue weighted by Gasteiger charge is 2.12. The molecule has 21 heavy (non-hydrogen) atoms. The van der Waals surface area contributed by atoms with Crippen LogP contribution in [0.3, 0.4) is 0 Å². The van der Waals surface area contributed by atoms with Gasteiger partial charge in [0.05, 0.1) is 27.4 Å². The SMILES string of the molecule is COc1ccc(CN(C)CCN2CCOCC2)c(OC)c1. The fourth-order valence-corrected chi connectivity index (χ4v) is 2.49. The lowest BCUT2D eigenvalue weighted by Gasteiger charge is -2.28. The van der Waals surface area contributed by atoms with E-state index in [0.29, 0.717) is 0 Å². The molecule has 1 aromatic rings. The fraction of sp³-hybridized carbons (Fsp3) is 0.625. The van der Waals surface area contributed by atoms with E-state index in [1.807, 2.05) is 12.1 Å². The van der Waals surface area contributed by atoms with Crippen LogP contribution in [0.4, 0.5) is 0 Å². The van der Waals surface area contributed by atoms with Gasteiger partial charge in [-0.1, -0.05) is 6.07 Å². The largest absolute Gasteiger partial charge is 0.497 e. The van der Waals surface area contributed by atoms with E-state index in [1.54, 1.807) is 14.2 Å². The van der Waals surface area contributed by atoms with Gasteiger partial charge in [0.2, 0.25) is 0 Å². The quantitative estimate of drug-likeness (QED) is 0.761. The van der Waals surface area contributed by atoms with Crippen LogP contribution in [-0.2, 0) is 11.3 Å². The highest BCUT2D eigenvalue weighted by molar-refractivity contribution is 5.40. The van der Waals surface area contributed by atoms with E-state index in [1.165, 1.54) is 5.56 Å². The molecule has 1 heterocycles. The molecule has 2 rings (SSSR count). The van der Waals surface area contributed by atoms with Gasteiger partial charge in [0, 0.05) is 44.4 Å². The van der Waals surface area contributed by atoms with Gasteiger partial charge < -0.3 is 19.1 Å². The standard InChI is InChI=1S/C16H26N2O3/c1-17(6-7-18-8-10-21-11-9-18)13-14-4-5-15(19-2)12-16(14)20-3/h4-5,12H,6-11,13H2,1-3H3. The Balaban J connectivity index is 1.85. The lowest BCUT2D eigenvalue weighted by atomic mass is 10.2. The zero-order valence-electron chi connectivity index (χ0n) is 13.3. The molecule has 0 aliphatic carbocycles. The normalized spacial score (nSPS) is 16.2. The van der Waals surface area contributed by atoms with Crippen molar-refractivity contribution in [2.75, 3.05) is 60.7 Å². The van der Waals surface area contributed by atoms with Crippen LogP contribution in [0.25, 0.3) is 0 Å². The van der Waals surface area contributed by atoms with Gasteiger partial charge in [-0.2, -0.15) is 0 Å². The first kappa shape index (κ1) is 16.1. The first-order valence-electron chi connectivity index (χ1n) is 7.42. The van der Waals surface area contributed by atoms with E-state index in [2.05, 4.69) is 22.9 Å². The third kappa shape index (κ3) is 4.88. The average molecular weight is 294 g/mol. The van der Waals surface area contributed by atoms with Crippen LogP contribution in [-0.4, -0.2) is 70.5 Å². The van der Waals surface area contributed by atoms with Crippen molar-refractivity contribution in [2.45, 2.75) is 6.54 Å². The summed E-state index contributed by atoms with van der Waals surface area (Å²) in [5, 5.41) is 0. The summed E-state index contributed by atoms with van der Waals surface area (Å²) in [5.74, 6) is 1.71. The number of hydrogen-bond acceptors (Lipinski definition) is 5. The minimum atomic E-state index is 0.826. The summed E-state index contributed by atoms with van der Waals surface area (Å²) in [6, 6.07) is 5.99. The summed E-state index contributed by atoms with van der Waals surface area (Å²) in [7, 11) is 5.51. The Kier molecular flexibility index (Phi) is 6.29. The van der Waals surface area contributed by atoms with Gasteiger partial charge in [0.15, 0.2) is 0 Å². The smallest absolute Gasteiger partial charge is 0.127 e. The van der Waals surface area contributed by atoms with Crippen LogP contribution in [0, 0.1) is 0 Å². The Morgan fingerprint density at radius 3 is 2.62 bits per heavy atom. The molecule has 1 fully saturated rings. The van der Waals surface area contributed by atoms with E-state index in [0.717, 1.165) is 57.4 Å². The van der Waals surface area contributed by atoms with E-state index >= 15 is 0 Å². The van der Waals surface area contributed by atoms with Crippen LogP contribution < -0.4 is 9.47 Å². The molecular weight excluding hydrogens is 268 g/mol. The maximum Gasteiger partial charge on any atom is 0.127 e. The third-order valence-corrected chi connectivity index (χ3v) is 3.84. The second-order valence-corrected chi connectivity index (χ2v) is 5.37. The molecule has 1 aliphatic heterocycles. The summed E-state index contributed by atoms with van der Waals surface area (Å²) in [4.78, 5) is 4.77. The summed E-state index contributed by atoms with van der Waals surface area (Å²) < 4.78 is 16.1. The zero-order valence-corrected chi connectivity index (χ0v) is 13.3. The maximum absolute atomic E-state index is 5.45. The summed E-state index contributed by atoms with van der Waals surface area (Å²) >= 11 is 0. The van der Waals surface area contributed by atoms with Crippen molar-refractivity contribution in [1.82, 2.24) is 9.80 Å². The lowest BCUT2D eigenvalue weighted by molar-refractivity contribution is 0.0342. The molecule has 0 bridgehead atoms. The predicted octanol–water partition coefficient (Wildman–Crippen LogP) is 1.47. The van der Waals surface area contributed by atoms with E-state index < -0.39 is 0 Å². The van der Waals surface area contributed by atoms with Gasteiger partial charge in [-0.25, -0.2) is 0 Å². The maximum atomic E-state index is 5.45. The van der Waals surface area contributed by atoms with Crippen LogP contribution >= 0.6 is 0 Å². The number of methoxy groups -OCH3 is 2. The number of likely N-dealkylation sites (N-methyl/N-ethyl adjacent to an activating group) is 1. The summed E-state index contributed by atoms with van der Waals surface area (Å²) in [6.45, 7) is 6.79. The molecule has 0 aromatic heterocycles. The molecule has 0 atom stereocenters. The van der Waals surface area contributed by atoms with Gasteiger partial charge in [-0.05, 0) is 13.1 Å². The molecule has 5 nitrogen and oxygen atoms in total. The molecule has 0 radical (unpaired) electrons. The third-order valence-electron chi connectivity index (χ3n) is 3.84. The lowest BCUT2D eigenvalue weighted by Crippen LogP contribution is -2.40. The molecular formula is C16H26N2O3. The van der Waals surface area contributed by atoms with Crippen molar-refractivity contribution in [2.24, 2.45) is 0 Å². The van der Waals surface area contributed by atoms with E-state index in [9.17, 15) is 0 Å². The Labute approximate surface area is 127 Å². The summed E-state index contributed by atoms with van der Waals surface area (Å²) in [5.41, 5.74) is 1.18. The molecule has 118 valence electrons. The Hall–Kier alpha value is -1.30. The van der Waals surface area contributed by atoms with Crippen LogP contribution in [0.5, 0.6) is 11.5 Å². The number of hydrogen-bond donors (Lipinski definition) is 0. The van der Waals surface area contributed by atoms with Crippen LogP contribution in [0.15, 0.2) is 18.2 Å². The monoisotopic (exact) mass is 294 g/mol. The van der Waals surface area contributed by atoms with Crippen molar-refractivity contribution in [3.05, 3.63) is 23.8 Å². The molecule has 0 spiro atoms. The second-order valence-electron chi connectivity index (χ2n) is 5.37. The molecule has 0 amide bonds. The van der Waals surface area contributed by atoms with Gasteiger partial charge >= 0.3 is 0 Å². The highest BCUT2D eigenvalue weighted by atomic mass is 16.5. The predicted molar refractivity (Wildman–Crippen MR) is 83.1 cm³/mol. The number of nitrogens with zero attached hydrogens (tertiary/aromatic N) is 2. The fourth-order valence-electron chi connectivity index (χ4n) is 2.49. The number of morpholine rings is 1. The number of benzene rings is 1. The minimum absolute atomic E-state index is 0.826. The summed E-state index contributed by atoms with van der Waals surface area (Å²) in [6.07, 6.45) is 0. The van der Waals surface area contributed by atoms with Gasteiger partial charge in [0.1, 0.15) is 11.5 Å². The Morgan fingerprint density at radius 1 is 1.19 bits per heavy atom. The molecule has 0 saturated carbocycles. The van der Waals surface area contributed by atoms with Crippen molar-refractivity contribution in [3.63, 3.8) is 0 Å². The average Bonchev–Trinajstić information content (AvgIpc) is 2.54. The van der Waals surface area contributed by atoms with Crippen molar-refractivity contribution < 1.29 is 14.2 Å². The van der Waals surface area contributed by atoms with Crippen molar-refractivity contribution >= 4 is 0 Å². The molecule has 1 aromatic carbocycles. The molecule has 1 saturated heterocycles. The van der Waals surface area contributed by atoms with E-state index in [-0.39, 0.29) is 0 Å². The molecule has 5 heteroatoms. The second kappa shape index (κ2) is 8.22. The van der Waals surface area contributed by atoms with Crippen LogP contribution in [0.1, 0.15) is 5.56 Å². The van der Waals surface area contributed by atoms with Crippen LogP contribution in [0.2, 0.25) is 0 Å². The number of ether oxygens (including phenoxy) is 3. The van der Waals surface area contributed by atoms with E-state index in [4.69, 9.17) is 14.2 Å². The van der Waals surface area contributed by atoms with Crippen molar-refractivity contribution in [3.8, 4) is 11.5 Å². The highest BCUT2D eigenvalue weighted by Crippen LogP contribution is 2.25. The first-order valence-corrected chi connectivity index (χ1v) is 7.42. The zero-order chi connectivity index (χ0) is 15.1. The van der Waals surface area contributed by atoms with Crippen molar-refractivity contribution in [1.29, 1.82) is 0 Å². The molecule has 0 N–H and O–H groups in total. The Bertz CT molecular complexity index is 434. The van der Waals surface area contributed by atoms with Gasteiger partial charge in [-0.15, -0.1) is 0 Å². The Morgan fingerprint density at radius 2 is 1.95 bits per heavy atom. The molecule has 0 unspecified atom stereocenters. The minimum Gasteiger partial charge on any atom is -0.497 e.